The lowest BCUT2D eigenvalue weighted by Gasteiger charge is -2.00. The highest BCUT2D eigenvalue weighted by atomic mass is 14.6. The molecule has 0 amide bonds. The number of rotatable bonds is 3. The predicted octanol–water partition coefficient (Wildman–Crippen LogP) is 2.84. The van der Waals surface area contributed by atoms with Gasteiger partial charge in [0, 0.05) is 12.4 Å². The van der Waals surface area contributed by atoms with Crippen LogP contribution in [0.25, 0.3) is 6.08 Å². The average molecular weight is 159 g/mol. The first-order valence-corrected chi connectivity index (χ1v) is 4.05. The van der Waals surface area contributed by atoms with E-state index in [1.165, 1.54) is 11.1 Å². The summed E-state index contributed by atoms with van der Waals surface area (Å²) in [4.78, 5) is 4.06. The van der Waals surface area contributed by atoms with Crippen LogP contribution in [-0.4, -0.2) is 4.98 Å². The lowest BCUT2D eigenvalue weighted by Crippen LogP contribution is -1.87. The van der Waals surface area contributed by atoms with Gasteiger partial charge in [0.25, 0.3) is 0 Å². The summed E-state index contributed by atoms with van der Waals surface area (Å²) >= 11 is 0. The van der Waals surface area contributed by atoms with Crippen LogP contribution in [0, 0.1) is 0 Å². The maximum absolute atomic E-state index is 4.06. The third-order valence-corrected chi connectivity index (χ3v) is 1.65. The number of nitrogens with zero attached hydrogens (tertiary/aromatic N) is 1. The molecular formula is C11H13N. The molecule has 1 heteroatoms. The summed E-state index contributed by atoms with van der Waals surface area (Å²) < 4.78 is 0. The van der Waals surface area contributed by atoms with Gasteiger partial charge in [0.15, 0.2) is 0 Å². The van der Waals surface area contributed by atoms with E-state index in [2.05, 4.69) is 17.6 Å². The minimum absolute atomic E-state index is 0.882. The summed E-state index contributed by atoms with van der Waals surface area (Å²) in [6, 6.07) is 2.01. The zero-order valence-corrected chi connectivity index (χ0v) is 7.33. The zero-order valence-electron chi connectivity index (χ0n) is 7.33. The predicted molar refractivity (Wildman–Crippen MR) is 52.8 cm³/mol. The first-order chi connectivity index (χ1) is 5.88. The van der Waals surface area contributed by atoms with Crippen LogP contribution in [0.2, 0.25) is 0 Å². The van der Waals surface area contributed by atoms with Crippen LogP contribution in [0.1, 0.15) is 18.1 Å². The second-order valence-corrected chi connectivity index (χ2v) is 2.57. The molecule has 0 aliphatic carbocycles. The topological polar surface area (TPSA) is 12.9 Å². The lowest BCUT2D eigenvalue weighted by atomic mass is 10.1. The molecule has 12 heavy (non-hydrogen) atoms. The molecule has 1 heterocycles. The van der Waals surface area contributed by atoms with Crippen LogP contribution in [-0.2, 0) is 6.42 Å². The molecule has 0 atom stereocenters. The molecular weight excluding hydrogens is 146 g/mol. The average Bonchev–Trinajstić information content (AvgIpc) is 2.09. The summed E-state index contributed by atoms with van der Waals surface area (Å²) in [5.41, 5.74) is 2.46. The van der Waals surface area contributed by atoms with E-state index in [9.17, 15) is 0 Å². The molecule has 62 valence electrons. The van der Waals surface area contributed by atoms with Gasteiger partial charge in [0.2, 0.25) is 0 Å². The van der Waals surface area contributed by atoms with Crippen LogP contribution in [0.15, 0.2) is 37.2 Å². The Kier molecular flexibility index (Phi) is 3.27. The second kappa shape index (κ2) is 4.50. The Morgan fingerprint density at radius 2 is 2.42 bits per heavy atom. The van der Waals surface area contributed by atoms with E-state index in [0.29, 0.717) is 0 Å². The van der Waals surface area contributed by atoms with Crippen molar-refractivity contribution in [3.8, 4) is 0 Å². The van der Waals surface area contributed by atoms with Gasteiger partial charge in [0.1, 0.15) is 0 Å². The number of aromatic nitrogens is 1. The molecule has 0 saturated heterocycles. The van der Waals surface area contributed by atoms with E-state index >= 15 is 0 Å². The minimum atomic E-state index is 0.882. The van der Waals surface area contributed by atoms with Crippen molar-refractivity contribution in [2.45, 2.75) is 13.3 Å². The van der Waals surface area contributed by atoms with Gasteiger partial charge < -0.3 is 0 Å². The monoisotopic (exact) mass is 159 g/mol. The molecule has 0 fully saturated rings. The molecule has 0 saturated carbocycles. The molecule has 1 rings (SSSR count). The Bertz CT molecular complexity index is 287. The van der Waals surface area contributed by atoms with Crippen molar-refractivity contribution in [1.82, 2.24) is 4.98 Å². The quantitative estimate of drug-likeness (QED) is 0.618. The first kappa shape index (κ1) is 8.72. The molecule has 0 aliphatic rings. The van der Waals surface area contributed by atoms with Crippen LogP contribution < -0.4 is 0 Å². The highest BCUT2D eigenvalue weighted by Crippen LogP contribution is 2.09. The van der Waals surface area contributed by atoms with Gasteiger partial charge in [-0.15, -0.1) is 6.58 Å². The van der Waals surface area contributed by atoms with Gasteiger partial charge in [0.05, 0.1) is 0 Å². The van der Waals surface area contributed by atoms with Crippen LogP contribution in [0.5, 0.6) is 0 Å². The van der Waals surface area contributed by atoms with Crippen molar-refractivity contribution < 1.29 is 0 Å². The Balaban J connectivity index is 2.99. The molecule has 0 radical (unpaired) electrons. The third kappa shape index (κ3) is 2.06. The van der Waals surface area contributed by atoms with Crippen molar-refractivity contribution in [2.75, 3.05) is 0 Å². The number of allylic oxidation sites excluding steroid dienone is 2. The van der Waals surface area contributed by atoms with Crippen LogP contribution in [0.4, 0.5) is 0 Å². The summed E-state index contributed by atoms with van der Waals surface area (Å²) in [6.07, 6.45) is 10.6. The van der Waals surface area contributed by atoms with Gasteiger partial charge in [-0.1, -0.05) is 18.2 Å². The van der Waals surface area contributed by atoms with Crippen molar-refractivity contribution in [2.24, 2.45) is 0 Å². The van der Waals surface area contributed by atoms with E-state index in [-0.39, 0.29) is 0 Å². The lowest BCUT2D eigenvalue weighted by molar-refractivity contribution is 1.18. The molecule has 1 aromatic heterocycles. The highest BCUT2D eigenvalue weighted by molar-refractivity contribution is 5.52. The SMILES string of the molecule is C=CCc1cnccc1/C=C\C. The van der Waals surface area contributed by atoms with Gasteiger partial charge in [-0.25, -0.2) is 0 Å². The maximum Gasteiger partial charge on any atom is 0.0308 e. The molecule has 0 unspecified atom stereocenters. The minimum Gasteiger partial charge on any atom is -0.264 e. The molecule has 0 bridgehead atoms. The van der Waals surface area contributed by atoms with E-state index in [1.54, 1.807) is 0 Å². The molecule has 0 aliphatic heterocycles. The van der Waals surface area contributed by atoms with Crippen LogP contribution in [0.3, 0.4) is 0 Å². The van der Waals surface area contributed by atoms with Crippen LogP contribution >= 0.6 is 0 Å². The van der Waals surface area contributed by atoms with Crippen molar-refractivity contribution in [3.63, 3.8) is 0 Å². The van der Waals surface area contributed by atoms with Gasteiger partial charge in [-0.2, -0.15) is 0 Å². The highest BCUT2D eigenvalue weighted by Gasteiger charge is 1.94. The maximum atomic E-state index is 4.06. The summed E-state index contributed by atoms with van der Waals surface area (Å²) in [7, 11) is 0. The Labute approximate surface area is 73.5 Å². The van der Waals surface area contributed by atoms with E-state index < -0.39 is 0 Å². The smallest absolute Gasteiger partial charge is 0.0308 e. The van der Waals surface area contributed by atoms with E-state index in [1.807, 2.05) is 37.5 Å². The number of pyridine rings is 1. The summed E-state index contributed by atoms with van der Waals surface area (Å²) in [5.74, 6) is 0. The standard InChI is InChI=1S/C11H13N/c1-3-5-10-7-8-12-9-11(10)6-4-2/h3-5,7-9H,2,6H2,1H3/b5-3-. The van der Waals surface area contributed by atoms with Gasteiger partial charge in [-0.3, -0.25) is 4.98 Å². The Hall–Kier alpha value is -1.37. The first-order valence-electron chi connectivity index (χ1n) is 4.05. The molecule has 0 aromatic carbocycles. The molecule has 1 aromatic rings. The van der Waals surface area contributed by atoms with Crippen molar-refractivity contribution >= 4 is 6.08 Å². The normalized spacial score (nSPS) is 10.4. The van der Waals surface area contributed by atoms with E-state index in [4.69, 9.17) is 0 Å². The molecule has 0 spiro atoms. The van der Waals surface area contributed by atoms with E-state index in [0.717, 1.165) is 6.42 Å². The zero-order chi connectivity index (χ0) is 8.81. The fraction of sp³-hybridized carbons (Fsp3) is 0.182. The summed E-state index contributed by atoms with van der Waals surface area (Å²) in [6.45, 7) is 5.72. The second-order valence-electron chi connectivity index (χ2n) is 2.57. The summed E-state index contributed by atoms with van der Waals surface area (Å²) in [5, 5.41) is 0. The fourth-order valence-corrected chi connectivity index (χ4v) is 1.11. The number of hydrogen-bond donors (Lipinski definition) is 0. The van der Waals surface area contributed by atoms with Crippen molar-refractivity contribution in [3.05, 3.63) is 48.3 Å². The molecule has 1 nitrogen and oxygen atoms in total. The molecule has 0 N–H and O–H groups in total. The Morgan fingerprint density at radius 1 is 1.58 bits per heavy atom. The van der Waals surface area contributed by atoms with Gasteiger partial charge >= 0.3 is 0 Å². The largest absolute Gasteiger partial charge is 0.264 e. The van der Waals surface area contributed by atoms with Crippen molar-refractivity contribution in [1.29, 1.82) is 0 Å². The van der Waals surface area contributed by atoms with Gasteiger partial charge in [-0.05, 0) is 30.5 Å². The Morgan fingerprint density at radius 3 is 3.08 bits per heavy atom. The fourth-order valence-electron chi connectivity index (χ4n) is 1.11. The number of hydrogen-bond acceptors (Lipinski definition) is 1. The third-order valence-electron chi connectivity index (χ3n) is 1.65.